The largest absolute Gasteiger partial charge is 0.490 e. The Hall–Kier alpha value is -3.30. The summed E-state index contributed by atoms with van der Waals surface area (Å²) in [7, 11) is -4.05. The van der Waals surface area contributed by atoms with Crippen LogP contribution in [0.1, 0.15) is 23.2 Å². The van der Waals surface area contributed by atoms with E-state index >= 15 is 0 Å². The molecule has 0 unspecified atom stereocenters. The van der Waals surface area contributed by atoms with Crippen LogP contribution in [0, 0.1) is 0 Å². The maximum Gasteiger partial charge on any atom is 0.490 e. The molecule has 0 spiro atoms. The van der Waals surface area contributed by atoms with E-state index in [1.54, 1.807) is 24.3 Å². The van der Waals surface area contributed by atoms with Crippen LogP contribution in [0.3, 0.4) is 0 Å². The van der Waals surface area contributed by atoms with Crippen molar-refractivity contribution in [3.63, 3.8) is 0 Å². The summed E-state index contributed by atoms with van der Waals surface area (Å²) in [6.07, 6.45) is -1.34. The van der Waals surface area contributed by atoms with Crippen LogP contribution in [0.2, 0.25) is 15.1 Å². The first-order chi connectivity index (χ1) is 20.2. The van der Waals surface area contributed by atoms with Gasteiger partial charge in [0.05, 0.1) is 20.0 Å². The third-order valence-corrected chi connectivity index (χ3v) is 8.06. The molecule has 4 rings (SSSR count). The number of anilines is 1. The zero-order valence-electron chi connectivity index (χ0n) is 22.0. The second-order valence-corrected chi connectivity index (χ2v) is 11.9. The summed E-state index contributed by atoms with van der Waals surface area (Å²) >= 11 is 17.9. The second kappa shape index (κ2) is 14.9. The molecule has 1 fully saturated rings. The molecule has 2 aromatic carbocycles. The molecule has 10 nitrogen and oxygen atoms in total. The standard InChI is InChI=1S/C24H23Cl3N4O4S.C2HF3O2/c25-17-13-22(30-36(33,34)19-7-8-20(26)21(27)14-19)24(29-15-17)35-18-5-3-16(4-6-18)23(32)28-9-12-31-10-1-2-11-31;3-2(4,5)1(6)7/h3-8,13-15,30H,1-2,9-12H2,(H,28,32);(H,6,7). The number of aliphatic carboxylic acids is 1. The number of halogens is 6. The van der Waals surface area contributed by atoms with Crippen LogP contribution in [0.15, 0.2) is 59.6 Å². The number of benzene rings is 2. The van der Waals surface area contributed by atoms with Crippen LogP contribution < -0.4 is 14.8 Å². The molecule has 0 bridgehead atoms. The lowest BCUT2D eigenvalue weighted by Gasteiger charge is -2.15. The van der Waals surface area contributed by atoms with Gasteiger partial charge >= 0.3 is 12.1 Å². The molecule has 3 aromatic rings. The van der Waals surface area contributed by atoms with Gasteiger partial charge in [-0.05, 0) is 74.5 Å². The Morgan fingerprint density at radius 1 is 1.00 bits per heavy atom. The molecule has 1 saturated heterocycles. The molecule has 0 saturated carbocycles. The van der Waals surface area contributed by atoms with Crippen LogP contribution in [0.25, 0.3) is 0 Å². The number of ether oxygens (including phenoxy) is 1. The number of carbonyl (C=O) groups is 2. The molecular weight excluding hydrogens is 660 g/mol. The average Bonchev–Trinajstić information content (AvgIpc) is 3.45. The van der Waals surface area contributed by atoms with Crippen molar-refractivity contribution in [2.45, 2.75) is 23.9 Å². The second-order valence-electron chi connectivity index (χ2n) is 8.92. The molecule has 0 radical (unpaired) electrons. The third-order valence-electron chi connectivity index (χ3n) is 5.75. The van der Waals surface area contributed by atoms with Crippen LogP contribution in [-0.4, -0.2) is 67.6 Å². The summed E-state index contributed by atoms with van der Waals surface area (Å²) in [6.45, 7) is 3.56. The molecule has 17 heteroatoms. The quantitative estimate of drug-likeness (QED) is 0.246. The minimum absolute atomic E-state index is 0.0224. The van der Waals surface area contributed by atoms with E-state index in [4.69, 9.17) is 49.4 Å². The fourth-order valence-corrected chi connectivity index (χ4v) is 5.25. The van der Waals surface area contributed by atoms with Gasteiger partial charge in [0.15, 0.2) is 0 Å². The number of carboxylic acids is 1. The van der Waals surface area contributed by atoms with Gasteiger partial charge in [0.1, 0.15) is 11.4 Å². The van der Waals surface area contributed by atoms with Gasteiger partial charge in [0.2, 0.25) is 5.88 Å². The highest BCUT2D eigenvalue weighted by atomic mass is 35.5. The van der Waals surface area contributed by atoms with E-state index < -0.39 is 22.2 Å². The smallest absolute Gasteiger partial charge is 0.475 e. The van der Waals surface area contributed by atoms with Crippen molar-refractivity contribution in [3.8, 4) is 11.6 Å². The van der Waals surface area contributed by atoms with E-state index in [9.17, 15) is 26.4 Å². The van der Waals surface area contributed by atoms with Gasteiger partial charge in [0.25, 0.3) is 15.9 Å². The Morgan fingerprint density at radius 3 is 2.21 bits per heavy atom. The molecule has 0 atom stereocenters. The molecule has 1 aliphatic heterocycles. The van der Waals surface area contributed by atoms with E-state index in [0.29, 0.717) is 17.9 Å². The SMILES string of the molecule is O=C(NCCN1CCCC1)c1ccc(Oc2ncc(Cl)cc2NS(=O)(=O)c2ccc(Cl)c(Cl)c2)cc1.O=C(O)C(F)(F)F. The Labute approximate surface area is 259 Å². The predicted molar refractivity (Wildman–Crippen MR) is 155 cm³/mol. The van der Waals surface area contributed by atoms with Crippen molar-refractivity contribution in [1.29, 1.82) is 0 Å². The fraction of sp³-hybridized carbons (Fsp3) is 0.269. The summed E-state index contributed by atoms with van der Waals surface area (Å²) < 4.78 is 65.7. The zero-order valence-corrected chi connectivity index (χ0v) is 25.1. The summed E-state index contributed by atoms with van der Waals surface area (Å²) in [5, 5.41) is 10.6. The lowest BCUT2D eigenvalue weighted by atomic mass is 10.2. The first kappa shape index (κ1) is 34.2. The van der Waals surface area contributed by atoms with Gasteiger partial charge in [-0.2, -0.15) is 13.2 Å². The highest BCUT2D eigenvalue weighted by Gasteiger charge is 2.38. The highest BCUT2D eigenvalue weighted by molar-refractivity contribution is 7.92. The number of alkyl halides is 3. The number of likely N-dealkylation sites (tertiary alicyclic amines) is 1. The Bertz CT molecular complexity index is 1550. The van der Waals surface area contributed by atoms with Crippen molar-refractivity contribution in [1.82, 2.24) is 15.2 Å². The minimum Gasteiger partial charge on any atom is -0.475 e. The number of nitrogens with zero attached hydrogens (tertiary/aromatic N) is 2. The van der Waals surface area contributed by atoms with Crippen LogP contribution in [-0.2, 0) is 14.8 Å². The minimum atomic E-state index is -5.08. The number of sulfonamides is 1. The number of aromatic nitrogens is 1. The molecule has 1 aliphatic rings. The summed E-state index contributed by atoms with van der Waals surface area (Å²) in [5.41, 5.74) is 0.505. The summed E-state index contributed by atoms with van der Waals surface area (Å²) in [4.78, 5) is 27.7. The van der Waals surface area contributed by atoms with Crippen LogP contribution >= 0.6 is 34.8 Å². The number of carbonyl (C=O) groups excluding carboxylic acids is 1. The molecule has 1 amide bonds. The van der Waals surface area contributed by atoms with Gasteiger partial charge < -0.3 is 20.1 Å². The van der Waals surface area contributed by atoms with E-state index in [-0.39, 0.29) is 37.4 Å². The van der Waals surface area contributed by atoms with Gasteiger partial charge in [-0.3, -0.25) is 9.52 Å². The Balaban J connectivity index is 0.000000646. The van der Waals surface area contributed by atoms with Gasteiger partial charge in [-0.1, -0.05) is 34.8 Å². The molecule has 3 N–H and O–H groups in total. The molecule has 232 valence electrons. The number of hydrogen-bond donors (Lipinski definition) is 3. The molecule has 0 aliphatic carbocycles. The number of pyridine rings is 1. The van der Waals surface area contributed by atoms with E-state index in [1.807, 2.05) is 0 Å². The summed E-state index contributed by atoms with van der Waals surface area (Å²) in [5.74, 6) is -2.60. The predicted octanol–water partition coefficient (Wildman–Crippen LogP) is 6.09. The molecule has 43 heavy (non-hydrogen) atoms. The van der Waals surface area contributed by atoms with E-state index in [2.05, 4.69) is 19.9 Å². The average molecular weight is 684 g/mol. The van der Waals surface area contributed by atoms with Crippen LogP contribution in [0.5, 0.6) is 11.6 Å². The molecular formula is C26H24Cl3F3N4O6S. The van der Waals surface area contributed by atoms with Crippen molar-refractivity contribution < 1.29 is 41.0 Å². The van der Waals surface area contributed by atoms with Crippen molar-refractivity contribution >= 4 is 62.4 Å². The van der Waals surface area contributed by atoms with Gasteiger partial charge in [0, 0.05) is 24.8 Å². The Morgan fingerprint density at radius 2 is 1.63 bits per heavy atom. The zero-order chi connectivity index (χ0) is 31.8. The third kappa shape index (κ3) is 10.4. The van der Waals surface area contributed by atoms with Crippen LogP contribution in [0.4, 0.5) is 18.9 Å². The maximum absolute atomic E-state index is 12.9. The number of nitrogens with one attached hydrogen (secondary N) is 2. The summed E-state index contributed by atoms with van der Waals surface area (Å²) in [6, 6.07) is 11.8. The number of amides is 1. The highest BCUT2D eigenvalue weighted by Crippen LogP contribution is 2.32. The van der Waals surface area contributed by atoms with E-state index in [1.165, 1.54) is 43.3 Å². The molecule has 1 aromatic heterocycles. The number of hydrogen-bond acceptors (Lipinski definition) is 7. The monoisotopic (exact) mass is 682 g/mol. The topological polar surface area (TPSA) is 138 Å². The Kier molecular flexibility index (Phi) is 11.9. The van der Waals surface area contributed by atoms with Crippen molar-refractivity contribution in [2.24, 2.45) is 0 Å². The number of rotatable bonds is 9. The van der Waals surface area contributed by atoms with E-state index in [0.717, 1.165) is 19.6 Å². The number of carboxylic acid groups (broad SMARTS) is 1. The lowest BCUT2D eigenvalue weighted by molar-refractivity contribution is -0.192. The first-order valence-electron chi connectivity index (χ1n) is 12.4. The van der Waals surface area contributed by atoms with Crippen molar-refractivity contribution in [2.75, 3.05) is 30.9 Å². The van der Waals surface area contributed by atoms with Gasteiger partial charge in [-0.15, -0.1) is 0 Å². The first-order valence-corrected chi connectivity index (χ1v) is 15.0. The fourth-order valence-electron chi connectivity index (χ4n) is 3.65. The normalized spacial score (nSPS) is 13.5. The van der Waals surface area contributed by atoms with Crippen molar-refractivity contribution in [3.05, 3.63) is 75.4 Å². The van der Waals surface area contributed by atoms with Gasteiger partial charge in [-0.25, -0.2) is 18.2 Å². The molecule has 2 heterocycles. The maximum atomic E-state index is 12.9. The lowest BCUT2D eigenvalue weighted by Crippen LogP contribution is -2.33.